The predicted octanol–water partition coefficient (Wildman–Crippen LogP) is 2.10. The minimum Gasteiger partial charge on any atom is -0.343 e. The number of nitrogens with zero attached hydrogens (tertiary/aromatic N) is 4. The van der Waals surface area contributed by atoms with Gasteiger partial charge in [0.1, 0.15) is 6.33 Å². The first-order valence-electron chi connectivity index (χ1n) is 7.71. The van der Waals surface area contributed by atoms with Crippen molar-refractivity contribution in [1.29, 1.82) is 0 Å². The van der Waals surface area contributed by atoms with Crippen LogP contribution in [0.25, 0.3) is 5.69 Å². The maximum absolute atomic E-state index is 12.4. The SMILES string of the molecule is Cc1cc(Br)ccc1NC(=O)CNC(=O)c1ccccc1-n1cnnn1. The van der Waals surface area contributed by atoms with Gasteiger partial charge in [-0.25, -0.2) is 0 Å². The number of amides is 2. The van der Waals surface area contributed by atoms with Crippen LogP contribution in [0, 0.1) is 6.92 Å². The van der Waals surface area contributed by atoms with Crippen molar-refractivity contribution in [2.45, 2.75) is 6.92 Å². The maximum atomic E-state index is 12.4. The topological polar surface area (TPSA) is 102 Å². The van der Waals surface area contributed by atoms with Crippen molar-refractivity contribution < 1.29 is 9.59 Å². The highest BCUT2D eigenvalue weighted by Crippen LogP contribution is 2.19. The van der Waals surface area contributed by atoms with Crippen LogP contribution < -0.4 is 10.6 Å². The lowest BCUT2D eigenvalue weighted by molar-refractivity contribution is -0.115. The summed E-state index contributed by atoms with van der Waals surface area (Å²) in [6.07, 6.45) is 1.40. The van der Waals surface area contributed by atoms with Gasteiger partial charge in [0.15, 0.2) is 0 Å². The van der Waals surface area contributed by atoms with Gasteiger partial charge in [-0.2, -0.15) is 4.68 Å². The summed E-state index contributed by atoms with van der Waals surface area (Å²) >= 11 is 3.38. The molecule has 3 aromatic rings. The predicted molar refractivity (Wildman–Crippen MR) is 99.0 cm³/mol. The van der Waals surface area contributed by atoms with Crippen molar-refractivity contribution in [1.82, 2.24) is 25.5 Å². The van der Waals surface area contributed by atoms with Crippen molar-refractivity contribution in [3.8, 4) is 5.69 Å². The zero-order valence-corrected chi connectivity index (χ0v) is 15.4. The normalized spacial score (nSPS) is 10.4. The molecule has 0 fully saturated rings. The Kier molecular flexibility index (Phi) is 5.37. The van der Waals surface area contributed by atoms with Crippen molar-refractivity contribution in [2.75, 3.05) is 11.9 Å². The third-order valence-electron chi connectivity index (χ3n) is 3.62. The largest absolute Gasteiger partial charge is 0.343 e. The van der Waals surface area contributed by atoms with Crippen LogP contribution in [-0.2, 0) is 4.79 Å². The van der Waals surface area contributed by atoms with Crippen LogP contribution in [0.4, 0.5) is 5.69 Å². The molecule has 26 heavy (non-hydrogen) atoms. The van der Waals surface area contributed by atoms with Crippen LogP contribution in [0.15, 0.2) is 53.3 Å². The molecule has 2 amide bonds. The lowest BCUT2D eigenvalue weighted by Crippen LogP contribution is -2.33. The molecule has 0 saturated carbocycles. The summed E-state index contributed by atoms with van der Waals surface area (Å²) in [5, 5.41) is 16.3. The van der Waals surface area contributed by atoms with E-state index in [2.05, 4.69) is 42.1 Å². The summed E-state index contributed by atoms with van der Waals surface area (Å²) in [7, 11) is 0. The number of tetrazole rings is 1. The lowest BCUT2D eigenvalue weighted by Gasteiger charge is -2.11. The third-order valence-corrected chi connectivity index (χ3v) is 4.11. The van der Waals surface area contributed by atoms with Gasteiger partial charge in [-0.3, -0.25) is 9.59 Å². The van der Waals surface area contributed by atoms with Crippen molar-refractivity contribution in [3.05, 3.63) is 64.4 Å². The molecule has 0 saturated heterocycles. The highest BCUT2D eigenvalue weighted by molar-refractivity contribution is 9.10. The Labute approximate surface area is 157 Å². The van der Waals surface area contributed by atoms with Gasteiger partial charge in [0.25, 0.3) is 5.91 Å². The summed E-state index contributed by atoms with van der Waals surface area (Å²) in [4.78, 5) is 24.6. The van der Waals surface area contributed by atoms with E-state index in [0.717, 1.165) is 10.0 Å². The van der Waals surface area contributed by atoms with E-state index in [9.17, 15) is 9.59 Å². The van der Waals surface area contributed by atoms with Crippen LogP contribution in [0.2, 0.25) is 0 Å². The highest BCUT2D eigenvalue weighted by atomic mass is 79.9. The average Bonchev–Trinajstić information content (AvgIpc) is 3.16. The first-order chi connectivity index (χ1) is 12.5. The summed E-state index contributed by atoms with van der Waals surface area (Å²) < 4.78 is 2.32. The lowest BCUT2D eigenvalue weighted by atomic mass is 10.1. The van der Waals surface area contributed by atoms with E-state index in [-0.39, 0.29) is 12.5 Å². The third kappa shape index (κ3) is 4.12. The number of nitrogens with one attached hydrogen (secondary N) is 2. The molecule has 2 aromatic carbocycles. The molecule has 0 spiro atoms. The zero-order chi connectivity index (χ0) is 18.5. The van der Waals surface area contributed by atoms with Gasteiger partial charge in [-0.15, -0.1) is 5.10 Å². The second-order valence-corrected chi connectivity index (χ2v) is 6.38. The molecule has 0 bridgehead atoms. The summed E-state index contributed by atoms with van der Waals surface area (Å²) in [6.45, 7) is 1.74. The fourth-order valence-electron chi connectivity index (χ4n) is 2.35. The Hall–Kier alpha value is -3.07. The monoisotopic (exact) mass is 414 g/mol. The average molecular weight is 415 g/mol. The number of rotatable bonds is 5. The number of halogens is 1. The molecule has 0 aliphatic heterocycles. The van der Waals surface area contributed by atoms with Crippen molar-refractivity contribution in [3.63, 3.8) is 0 Å². The fraction of sp³-hybridized carbons (Fsp3) is 0.118. The number of carbonyl (C=O) groups is 2. The van der Waals surface area contributed by atoms with E-state index in [4.69, 9.17) is 0 Å². The molecule has 2 N–H and O–H groups in total. The Morgan fingerprint density at radius 1 is 1.19 bits per heavy atom. The number of hydrogen-bond acceptors (Lipinski definition) is 5. The minimum atomic E-state index is -0.390. The molecule has 0 atom stereocenters. The molecule has 0 aliphatic rings. The number of aryl methyl sites for hydroxylation is 1. The van der Waals surface area contributed by atoms with Crippen LogP contribution in [0.5, 0.6) is 0 Å². The van der Waals surface area contributed by atoms with Crippen molar-refractivity contribution in [2.24, 2.45) is 0 Å². The van der Waals surface area contributed by atoms with Gasteiger partial charge < -0.3 is 10.6 Å². The number of para-hydroxylation sites is 1. The zero-order valence-electron chi connectivity index (χ0n) is 13.8. The van der Waals surface area contributed by atoms with Gasteiger partial charge in [-0.05, 0) is 53.2 Å². The molecule has 132 valence electrons. The van der Waals surface area contributed by atoms with E-state index in [1.54, 1.807) is 30.3 Å². The smallest absolute Gasteiger partial charge is 0.253 e. The summed E-state index contributed by atoms with van der Waals surface area (Å²) in [5.74, 6) is -0.706. The van der Waals surface area contributed by atoms with E-state index in [1.807, 2.05) is 19.1 Å². The van der Waals surface area contributed by atoms with E-state index < -0.39 is 5.91 Å². The molecule has 0 unspecified atom stereocenters. The van der Waals surface area contributed by atoms with Gasteiger partial charge >= 0.3 is 0 Å². The molecule has 9 heteroatoms. The summed E-state index contributed by atoms with van der Waals surface area (Å²) in [6, 6.07) is 12.4. The molecular formula is C17H15BrN6O2. The molecule has 3 rings (SSSR count). The minimum absolute atomic E-state index is 0.154. The maximum Gasteiger partial charge on any atom is 0.253 e. The number of aromatic nitrogens is 4. The molecule has 0 radical (unpaired) electrons. The standard InChI is InChI=1S/C17H15BrN6O2/c1-11-8-12(18)6-7-14(11)21-16(25)9-19-17(26)13-4-2-3-5-15(13)24-10-20-22-23-24/h2-8,10H,9H2,1H3,(H,19,26)(H,21,25). The first-order valence-corrected chi connectivity index (χ1v) is 8.50. The van der Waals surface area contributed by atoms with Crippen molar-refractivity contribution >= 4 is 33.4 Å². The number of anilines is 1. The Balaban J connectivity index is 1.65. The number of hydrogen-bond donors (Lipinski definition) is 2. The van der Waals surface area contributed by atoms with Crippen LogP contribution in [0.1, 0.15) is 15.9 Å². The Morgan fingerprint density at radius 3 is 2.73 bits per heavy atom. The van der Waals surface area contributed by atoms with Gasteiger partial charge in [0.05, 0.1) is 17.8 Å². The second-order valence-electron chi connectivity index (χ2n) is 5.46. The quantitative estimate of drug-likeness (QED) is 0.665. The van der Waals surface area contributed by atoms with Gasteiger partial charge in [-0.1, -0.05) is 28.1 Å². The van der Waals surface area contributed by atoms with E-state index in [0.29, 0.717) is 16.9 Å². The van der Waals surface area contributed by atoms with E-state index in [1.165, 1.54) is 11.0 Å². The Bertz CT molecular complexity index is 942. The Morgan fingerprint density at radius 2 is 2.00 bits per heavy atom. The highest BCUT2D eigenvalue weighted by Gasteiger charge is 2.14. The van der Waals surface area contributed by atoms with Crippen LogP contribution in [-0.4, -0.2) is 38.6 Å². The van der Waals surface area contributed by atoms with E-state index >= 15 is 0 Å². The molecule has 1 heterocycles. The number of carbonyl (C=O) groups excluding carboxylic acids is 2. The second kappa shape index (κ2) is 7.87. The van der Waals surface area contributed by atoms with Crippen LogP contribution >= 0.6 is 15.9 Å². The fourth-order valence-corrected chi connectivity index (χ4v) is 2.83. The van der Waals surface area contributed by atoms with Gasteiger partial charge in [0.2, 0.25) is 5.91 Å². The molecule has 0 aliphatic carbocycles. The molecule has 8 nitrogen and oxygen atoms in total. The molecular weight excluding hydrogens is 400 g/mol. The first kappa shape index (κ1) is 17.7. The number of benzene rings is 2. The molecule has 1 aromatic heterocycles. The van der Waals surface area contributed by atoms with Gasteiger partial charge in [0, 0.05) is 10.2 Å². The van der Waals surface area contributed by atoms with Crippen LogP contribution in [0.3, 0.4) is 0 Å². The summed E-state index contributed by atoms with van der Waals surface area (Å²) in [5.41, 5.74) is 2.51.